The molecular weight excluding hydrogens is 572 g/mol. The first-order chi connectivity index (χ1) is 20.2. The summed E-state index contributed by atoms with van der Waals surface area (Å²) < 4.78 is 68.6. The summed E-state index contributed by atoms with van der Waals surface area (Å²) in [5.41, 5.74) is 0.433. The Kier molecular flexibility index (Phi) is 7.25. The van der Waals surface area contributed by atoms with Gasteiger partial charge in [0.1, 0.15) is 40.5 Å². The second-order valence-corrected chi connectivity index (χ2v) is 10.5. The minimum absolute atomic E-state index is 0.0303. The molecular formula is C30H26F4N4O5. The van der Waals surface area contributed by atoms with Crippen molar-refractivity contribution >= 4 is 22.7 Å². The smallest absolute Gasteiger partial charge is 0.424 e. The van der Waals surface area contributed by atoms with Crippen LogP contribution in [0.4, 0.5) is 17.6 Å². The zero-order valence-electron chi connectivity index (χ0n) is 23.2. The van der Waals surface area contributed by atoms with Crippen molar-refractivity contribution in [1.29, 1.82) is 0 Å². The van der Waals surface area contributed by atoms with Crippen LogP contribution in [0.3, 0.4) is 0 Å². The van der Waals surface area contributed by atoms with Gasteiger partial charge in [0.15, 0.2) is 0 Å². The normalized spacial score (nSPS) is 17.6. The quantitative estimate of drug-likeness (QED) is 0.273. The third-order valence-corrected chi connectivity index (χ3v) is 7.51. The Morgan fingerprint density at radius 1 is 1.12 bits per heavy atom. The number of amides is 2. The van der Waals surface area contributed by atoms with E-state index in [1.165, 1.54) is 38.3 Å². The Morgan fingerprint density at radius 3 is 2.44 bits per heavy atom. The zero-order chi connectivity index (χ0) is 31.3. The molecule has 3 heterocycles. The molecule has 1 aliphatic rings. The number of nitrogens with two attached hydrogens (primary N) is 1. The van der Waals surface area contributed by atoms with Crippen LogP contribution in [-0.4, -0.2) is 53.3 Å². The molecule has 2 amide bonds. The van der Waals surface area contributed by atoms with Gasteiger partial charge in [-0.25, -0.2) is 14.4 Å². The molecule has 0 radical (unpaired) electrons. The van der Waals surface area contributed by atoms with E-state index in [0.717, 1.165) is 18.2 Å². The van der Waals surface area contributed by atoms with Crippen LogP contribution in [0.25, 0.3) is 22.2 Å². The first-order valence-corrected chi connectivity index (χ1v) is 13.0. The largest absolute Gasteiger partial charge is 0.494 e. The van der Waals surface area contributed by atoms with Gasteiger partial charge in [-0.15, -0.1) is 0 Å². The molecule has 13 heteroatoms. The molecule has 224 valence electrons. The number of carbonyl (C=O) groups is 2. The first-order valence-electron chi connectivity index (χ1n) is 13.0. The van der Waals surface area contributed by atoms with Gasteiger partial charge in [-0.05, 0) is 62.4 Å². The number of aromatic nitrogens is 2. The molecule has 1 aliphatic heterocycles. The van der Waals surface area contributed by atoms with Crippen LogP contribution < -0.4 is 20.5 Å². The molecule has 0 bridgehead atoms. The minimum Gasteiger partial charge on any atom is -0.494 e. The molecule has 0 saturated heterocycles. The molecule has 4 aromatic rings. The van der Waals surface area contributed by atoms with Gasteiger partial charge in [-0.1, -0.05) is 6.07 Å². The lowest BCUT2D eigenvalue weighted by Gasteiger charge is -2.31. The van der Waals surface area contributed by atoms with Gasteiger partial charge in [0, 0.05) is 27.8 Å². The highest BCUT2D eigenvalue weighted by atomic mass is 19.4. The number of hydrogen-bond donors (Lipinski definition) is 3. The molecule has 2 atom stereocenters. The minimum atomic E-state index is -5.35. The number of pyridine rings is 2. The van der Waals surface area contributed by atoms with Crippen LogP contribution in [0.15, 0.2) is 54.6 Å². The van der Waals surface area contributed by atoms with Gasteiger partial charge in [-0.2, -0.15) is 13.2 Å². The van der Waals surface area contributed by atoms with Crippen LogP contribution >= 0.6 is 0 Å². The summed E-state index contributed by atoms with van der Waals surface area (Å²) in [4.78, 5) is 34.0. The van der Waals surface area contributed by atoms with Gasteiger partial charge >= 0.3 is 6.18 Å². The van der Waals surface area contributed by atoms with Gasteiger partial charge in [0.25, 0.3) is 5.91 Å². The standard InChI is InChI=1S/C30H26F4N4O5/c1-15-4-5-17-10-18(11-21(42-3)23(17)37-15)26(39)36-13-29(41,30(32,33)34)22-12-20-25(43-14-28(20,2)27(35)40)24(38-22)16-6-8-19(31)9-7-16/h4-12,41H,13-14H2,1-3H3,(H2,35,40)(H,36,39)/t28-,29-/m0/s1. The number of nitrogens with zero attached hydrogens (tertiary/aromatic N) is 2. The van der Waals surface area contributed by atoms with E-state index in [-0.39, 0.29) is 40.5 Å². The van der Waals surface area contributed by atoms with Gasteiger partial charge in [0.2, 0.25) is 11.5 Å². The van der Waals surface area contributed by atoms with E-state index in [0.29, 0.717) is 16.6 Å². The number of nitrogens with one attached hydrogen (secondary N) is 1. The third kappa shape index (κ3) is 5.09. The van der Waals surface area contributed by atoms with E-state index in [2.05, 4.69) is 15.3 Å². The summed E-state index contributed by atoms with van der Waals surface area (Å²) >= 11 is 0. The molecule has 0 spiro atoms. The second-order valence-electron chi connectivity index (χ2n) is 10.5. The number of aliphatic hydroxyl groups is 1. The number of rotatable bonds is 7. The van der Waals surface area contributed by atoms with Gasteiger partial charge in [0.05, 0.1) is 19.3 Å². The summed E-state index contributed by atoms with van der Waals surface area (Å²) in [5.74, 6) is -2.23. The molecule has 0 fully saturated rings. The number of aryl methyl sites for hydroxylation is 1. The number of alkyl halides is 3. The molecule has 4 N–H and O–H groups in total. The Morgan fingerprint density at radius 2 is 1.81 bits per heavy atom. The highest BCUT2D eigenvalue weighted by Gasteiger charge is 2.57. The second kappa shape index (κ2) is 10.5. The van der Waals surface area contributed by atoms with Gasteiger partial charge < -0.3 is 25.6 Å². The van der Waals surface area contributed by atoms with Crippen molar-refractivity contribution in [3.63, 3.8) is 0 Å². The fraction of sp³-hybridized carbons (Fsp3) is 0.267. The summed E-state index contributed by atoms with van der Waals surface area (Å²) in [7, 11) is 1.37. The number of benzene rings is 2. The Bertz CT molecular complexity index is 1760. The van der Waals surface area contributed by atoms with E-state index in [1.807, 2.05) is 0 Å². The van der Waals surface area contributed by atoms with Crippen molar-refractivity contribution in [2.45, 2.75) is 31.0 Å². The van der Waals surface area contributed by atoms with Crippen molar-refractivity contribution in [1.82, 2.24) is 15.3 Å². The lowest BCUT2D eigenvalue weighted by Crippen LogP contribution is -2.51. The molecule has 2 aromatic carbocycles. The van der Waals surface area contributed by atoms with E-state index >= 15 is 0 Å². The number of hydrogen-bond acceptors (Lipinski definition) is 7. The lowest BCUT2D eigenvalue weighted by molar-refractivity contribution is -0.265. The molecule has 9 nitrogen and oxygen atoms in total. The number of halogens is 4. The van der Waals surface area contributed by atoms with Crippen molar-refractivity contribution in [2.75, 3.05) is 20.3 Å². The predicted molar refractivity (Wildman–Crippen MR) is 147 cm³/mol. The van der Waals surface area contributed by atoms with Crippen LogP contribution in [0, 0.1) is 12.7 Å². The molecule has 2 aromatic heterocycles. The number of ether oxygens (including phenoxy) is 2. The highest BCUT2D eigenvalue weighted by molar-refractivity contribution is 6.00. The SMILES string of the molecule is COc1cc(C(=O)NC[C@](O)(c2cc3c(c(-c4ccc(F)cc4)n2)OC[C@]3(C)C(N)=O)C(F)(F)F)cc2ccc(C)nc12. The van der Waals surface area contributed by atoms with Crippen LogP contribution in [0.2, 0.25) is 0 Å². The van der Waals surface area contributed by atoms with Crippen molar-refractivity contribution < 1.29 is 41.7 Å². The average Bonchev–Trinajstić information content (AvgIpc) is 3.32. The number of carbonyl (C=O) groups excluding carboxylic acids is 2. The van der Waals surface area contributed by atoms with E-state index in [4.69, 9.17) is 15.2 Å². The van der Waals surface area contributed by atoms with Gasteiger partial charge in [-0.3, -0.25) is 9.59 Å². The zero-order valence-corrected chi connectivity index (χ0v) is 23.2. The van der Waals surface area contributed by atoms with Crippen molar-refractivity contribution in [3.05, 3.63) is 82.9 Å². The summed E-state index contributed by atoms with van der Waals surface area (Å²) in [5, 5.41) is 13.9. The predicted octanol–water partition coefficient (Wildman–Crippen LogP) is 4.07. The Labute approximate surface area is 242 Å². The topological polar surface area (TPSA) is 137 Å². The first kappa shape index (κ1) is 29.7. The molecule has 5 rings (SSSR count). The fourth-order valence-electron chi connectivity index (χ4n) is 4.84. The molecule has 0 aliphatic carbocycles. The maximum absolute atomic E-state index is 14.7. The molecule has 0 unspecified atom stereocenters. The van der Waals surface area contributed by atoms with E-state index < -0.39 is 47.1 Å². The number of primary amides is 1. The van der Waals surface area contributed by atoms with E-state index in [1.54, 1.807) is 19.1 Å². The summed E-state index contributed by atoms with van der Waals surface area (Å²) in [6, 6.07) is 11.7. The van der Waals surface area contributed by atoms with Crippen LogP contribution in [0.1, 0.15) is 34.2 Å². The maximum atomic E-state index is 14.7. The summed E-state index contributed by atoms with van der Waals surface area (Å²) in [6.45, 7) is 1.52. The molecule has 0 saturated carbocycles. The maximum Gasteiger partial charge on any atom is 0.424 e. The lowest BCUT2D eigenvalue weighted by atomic mass is 9.81. The van der Waals surface area contributed by atoms with Crippen LogP contribution in [0.5, 0.6) is 11.5 Å². The van der Waals surface area contributed by atoms with Crippen molar-refractivity contribution in [2.24, 2.45) is 5.73 Å². The fourth-order valence-corrected chi connectivity index (χ4v) is 4.84. The van der Waals surface area contributed by atoms with Crippen molar-refractivity contribution in [3.8, 4) is 22.8 Å². The number of fused-ring (bicyclic) bond motifs is 2. The summed E-state index contributed by atoms with van der Waals surface area (Å²) in [6.07, 6.45) is -5.35. The van der Waals surface area contributed by atoms with Crippen LogP contribution in [-0.2, 0) is 15.8 Å². The number of methoxy groups -OCH3 is 1. The monoisotopic (exact) mass is 598 g/mol. The average molecular weight is 599 g/mol. The highest BCUT2D eigenvalue weighted by Crippen LogP contribution is 2.47. The van der Waals surface area contributed by atoms with E-state index in [9.17, 15) is 32.3 Å². The third-order valence-electron chi connectivity index (χ3n) is 7.51. The Hall–Kier alpha value is -4.78. The molecule has 43 heavy (non-hydrogen) atoms. The Balaban J connectivity index is 1.58.